The lowest BCUT2D eigenvalue weighted by atomic mass is 10.1. The Labute approximate surface area is 216 Å². The highest BCUT2D eigenvalue weighted by Gasteiger charge is 2.36. The van der Waals surface area contributed by atoms with E-state index in [1.165, 1.54) is 0 Å². The second-order valence-electron chi connectivity index (χ2n) is 7.71. The van der Waals surface area contributed by atoms with E-state index in [4.69, 9.17) is 27.9 Å². The molecule has 0 saturated carbocycles. The number of halogens is 2. The van der Waals surface area contributed by atoms with Gasteiger partial charge in [-0.05, 0) is 60.7 Å². The molecule has 1 heterocycles. The number of ether oxygens (including phenoxy) is 1. The zero-order valence-electron chi connectivity index (χ0n) is 18.6. The molecule has 0 bridgehead atoms. The number of hydrogen-bond donors (Lipinski definition) is 1. The summed E-state index contributed by atoms with van der Waals surface area (Å²) in [5.41, 5.74) is 2.78. The number of carbonyl (C=O) groups is 3. The molecule has 0 radical (unpaired) electrons. The van der Waals surface area contributed by atoms with Crippen LogP contribution < -0.4 is 10.1 Å². The fourth-order valence-corrected chi connectivity index (χ4v) is 4.76. The van der Waals surface area contributed by atoms with E-state index in [0.717, 1.165) is 22.2 Å². The smallest absolute Gasteiger partial charge is 0.293 e. The number of hydrogen-bond acceptors (Lipinski definition) is 5. The molecule has 0 spiro atoms. The van der Waals surface area contributed by atoms with Crippen molar-refractivity contribution in [2.24, 2.45) is 0 Å². The van der Waals surface area contributed by atoms with Gasteiger partial charge in [0.05, 0.1) is 11.4 Å². The van der Waals surface area contributed by atoms with E-state index in [-0.39, 0.29) is 24.0 Å². The number of nitrogens with zero attached hydrogens (tertiary/aromatic N) is 1. The minimum Gasteiger partial charge on any atom is -0.483 e. The summed E-state index contributed by atoms with van der Waals surface area (Å²) in [7, 11) is 0. The number of benzene rings is 3. The Hall–Kier alpha value is -3.26. The van der Waals surface area contributed by atoms with Crippen LogP contribution in [0.15, 0.2) is 71.6 Å². The molecule has 3 aromatic carbocycles. The molecule has 0 aromatic heterocycles. The highest BCUT2D eigenvalue weighted by atomic mass is 35.5. The number of aryl methyl sites for hydroxylation is 1. The van der Waals surface area contributed by atoms with Gasteiger partial charge in [-0.2, -0.15) is 0 Å². The number of carbonyl (C=O) groups excluding carboxylic acids is 3. The second kappa shape index (κ2) is 11.0. The number of imide groups is 1. The highest BCUT2D eigenvalue weighted by molar-refractivity contribution is 8.18. The monoisotopic (exact) mass is 526 g/mol. The Morgan fingerprint density at radius 1 is 1.03 bits per heavy atom. The predicted octanol–water partition coefficient (Wildman–Crippen LogP) is 6.56. The van der Waals surface area contributed by atoms with E-state index in [0.29, 0.717) is 32.6 Å². The summed E-state index contributed by atoms with van der Waals surface area (Å²) in [5, 5.41) is 3.12. The van der Waals surface area contributed by atoms with Crippen molar-refractivity contribution in [2.45, 2.75) is 13.5 Å². The summed E-state index contributed by atoms with van der Waals surface area (Å²) in [6.45, 7) is 1.69. The van der Waals surface area contributed by atoms with Gasteiger partial charge < -0.3 is 10.1 Å². The zero-order valence-corrected chi connectivity index (χ0v) is 20.9. The van der Waals surface area contributed by atoms with Crippen LogP contribution in [0.3, 0.4) is 0 Å². The lowest BCUT2D eigenvalue weighted by Crippen LogP contribution is -2.27. The number of nitrogens with one attached hydrogen (secondary N) is 1. The number of rotatable bonds is 7. The first-order valence-electron chi connectivity index (χ1n) is 10.6. The number of para-hydroxylation sites is 1. The Bertz CT molecular complexity index is 1320. The molecule has 4 rings (SSSR count). The van der Waals surface area contributed by atoms with Crippen molar-refractivity contribution in [3.63, 3.8) is 0 Å². The summed E-state index contributed by atoms with van der Waals surface area (Å²) in [6, 6.07) is 19.4. The number of anilines is 1. The van der Waals surface area contributed by atoms with Crippen LogP contribution in [-0.2, 0) is 16.1 Å². The first kappa shape index (κ1) is 24.9. The third-order valence-electron chi connectivity index (χ3n) is 5.12. The van der Waals surface area contributed by atoms with Gasteiger partial charge in [-0.15, -0.1) is 0 Å². The molecule has 1 aliphatic rings. The molecular formula is C26H20Cl2N2O4S. The van der Waals surface area contributed by atoms with E-state index >= 15 is 0 Å². The average molecular weight is 527 g/mol. The summed E-state index contributed by atoms with van der Waals surface area (Å²) < 4.78 is 5.72. The van der Waals surface area contributed by atoms with Crippen molar-refractivity contribution >= 4 is 63.8 Å². The maximum Gasteiger partial charge on any atom is 0.293 e. The number of amides is 3. The van der Waals surface area contributed by atoms with Crippen LogP contribution in [0.25, 0.3) is 6.08 Å². The lowest BCUT2D eigenvalue weighted by Gasteiger charge is -2.14. The molecule has 0 atom stereocenters. The Morgan fingerprint density at radius 3 is 2.49 bits per heavy atom. The molecular weight excluding hydrogens is 507 g/mol. The molecule has 3 aromatic rings. The number of thioether (sulfide) groups is 1. The minimum absolute atomic E-state index is 0.0300. The fourth-order valence-electron chi connectivity index (χ4n) is 3.41. The molecule has 6 nitrogen and oxygen atoms in total. The van der Waals surface area contributed by atoms with Crippen LogP contribution in [0, 0.1) is 6.92 Å². The molecule has 1 N–H and O–H groups in total. The molecule has 35 heavy (non-hydrogen) atoms. The van der Waals surface area contributed by atoms with Crippen molar-refractivity contribution in [1.29, 1.82) is 0 Å². The van der Waals surface area contributed by atoms with Gasteiger partial charge in [0, 0.05) is 26.9 Å². The van der Waals surface area contributed by atoms with Crippen LogP contribution in [0.2, 0.25) is 10.0 Å². The molecule has 0 unspecified atom stereocenters. The van der Waals surface area contributed by atoms with Gasteiger partial charge in [0.1, 0.15) is 5.75 Å². The molecule has 1 aliphatic heterocycles. The van der Waals surface area contributed by atoms with Gasteiger partial charge in [-0.3, -0.25) is 19.3 Å². The SMILES string of the molecule is Cc1cccc(NC(=O)COc2ccccc2/C=C2\SC(=O)N(Cc3c(Cl)cccc3Cl)C2=O)c1. The first-order valence-corrected chi connectivity index (χ1v) is 12.2. The highest BCUT2D eigenvalue weighted by Crippen LogP contribution is 2.36. The maximum atomic E-state index is 13.0. The van der Waals surface area contributed by atoms with Crippen LogP contribution in [-0.4, -0.2) is 28.6 Å². The van der Waals surface area contributed by atoms with E-state index in [2.05, 4.69) is 5.32 Å². The third-order valence-corrected chi connectivity index (χ3v) is 6.73. The molecule has 9 heteroatoms. The van der Waals surface area contributed by atoms with E-state index in [1.54, 1.807) is 54.6 Å². The average Bonchev–Trinajstić information content (AvgIpc) is 3.08. The van der Waals surface area contributed by atoms with Crippen LogP contribution in [0.1, 0.15) is 16.7 Å². The van der Waals surface area contributed by atoms with Crippen molar-refractivity contribution in [1.82, 2.24) is 4.90 Å². The minimum atomic E-state index is -0.456. The standard InChI is InChI=1S/C26H20Cl2N2O4S/c1-16-6-4-8-18(12-16)29-24(31)15-34-22-11-3-2-7-17(22)13-23-25(32)30(26(33)35-23)14-19-20(27)9-5-10-21(19)28/h2-13H,14-15H2,1H3,(H,29,31)/b23-13-. The van der Waals surface area contributed by atoms with Crippen molar-refractivity contribution in [2.75, 3.05) is 11.9 Å². The Kier molecular flexibility index (Phi) is 7.80. The molecule has 1 saturated heterocycles. The molecule has 3 amide bonds. The van der Waals surface area contributed by atoms with Gasteiger partial charge in [-0.25, -0.2) is 0 Å². The largest absolute Gasteiger partial charge is 0.483 e. The maximum absolute atomic E-state index is 13.0. The fraction of sp³-hybridized carbons (Fsp3) is 0.115. The first-order chi connectivity index (χ1) is 16.8. The van der Waals surface area contributed by atoms with Crippen molar-refractivity contribution < 1.29 is 19.1 Å². The van der Waals surface area contributed by atoms with Crippen LogP contribution in [0.5, 0.6) is 5.75 Å². The third kappa shape index (κ3) is 6.06. The van der Waals surface area contributed by atoms with Gasteiger partial charge >= 0.3 is 0 Å². The lowest BCUT2D eigenvalue weighted by molar-refractivity contribution is -0.123. The Morgan fingerprint density at radius 2 is 1.74 bits per heavy atom. The quantitative estimate of drug-likeness (QED) is 0.353. The summed E-state index contributed by atoms with van der Waals surface area (Å²) >= 11 is 13.2. The molecule has 1 fully saturated rings. The van der Waals surface area contributed by atoms with E-state index in [1.807, 2.05) is 25.1 Å². The van der Waals surface area contributed by atoms with Gasteiger partial charge in [-0.1, -0.05) is 59.6 Å². The van der Waals surface area contributed by atoms with Crippen molar-refractivity contribution in [3.05, 3.63) is 98.4 Å². The van der Waals surface area contributed by atoms with E-state index in [9.17, 15) is 14.4 Å². The molecule has 0 aliphatic carbocycles. The topological polar surface area (TPSA) is 75.7 Å². The van der Waals surface area contributed by atoms with Crippen LogP contribution >= 0.6 is 35.0 Å². The van der Waals surface area contributed by atoms with Gasteiger partial charge in [0.2, 0.25) is 0 Å². The van der Waals surface area contributed by atoms with Gasteiger partial charge in [0.25, 0.3) is 17.1 Å². The molecule has 178 valence electrons. The Balaban J connectivity index is 1.47. The summed E-state index contributed by atoms with van der Waals surface area (Å²) in [6.07, 6.45) is 1.58. The van der Waals surface area contributed by atoms with Gasteiger partial charge in [0.15, 0.2) is 6.61 Å². The predicted molar refractivity (Wildman–Crippen MR) is 140 cm³/mol. The second-order valence-corrected chi connectivity index (χ2v) is 9.52. The van der Waals surface area contributed by atoms with E-state index < -0.39 is 11.1 Å². The summed E-state index contributed by atoms with van der Waals surface area (Å²) in [4.78, 5) is 39.2. The summed E-state index contributed by atoms with van der Waals surface area (Å²) in [5.74, 6) is -0.363. The normalized spacial score (nSPS) is 14.5. The zero-order chi connectivity index (χ0) is 24.9. The van der Waals surface area contributed by atoms with Crippen LogP contribution in [0.4, 0.5) is 10.5 Å². The van der Waals surface area contributed by atoms with Crippen molar-refractivity contribution in [3.8, 4) is 5.75 Å².